The largest absolute Gasteiger partial charge is 0.310 e. The molecule has 1 amide bonds. The average molecular weight is 404 g/mol. The van der Waals surface area contributed by atoms with Crippen LogP contribution in [-0.2, 0) is 11.8 Å². The molecular weight excluding hydrogens is 389 g/mol. The monoisotopic (exact) mass is 403 g/mol. The Morgan fingerprint density at radius 2 is 1.96 bits per heavy atom. The quantitative estimate of drug-likeness (QED) is 0.641. The molecule has 4 nitrogen and oxygen atoms in total. The first kappa shape index (κ1) is 17.5. The van der Waals surface area contributed by atoms with Gasteiger partial charge >= 0.3 is 0 Å². The second-order valence-electron chi connectivity index (χ2n) is 6.01. The van der Waals surface area contributed by atoms with Crippen molar-refractivity contribution in [2.45, 2.75) is 5.25 Å². The zero-order chi connectivity index (χ0) is 18.3. The van der Waals surface area contributed by atoms with Crippen LogP contribution in [-0.4, -0.2) is 21.4 Å². The fraction of sp³-hybridized carbons (Fsp3) is 0.158. The molecule has 2 heterocycles. The van der Waals surface area contributed by atoms with Crippen LogP contribution in [0.1, 0.15) is 16.4 Å². The topological polar surface area (TPSA) is 46.9 Å². The van der Waals surface area contributed by atoms with Crippen molar-refractivity contribution < 1.29 is 4.79 Å². The molecule has 0 radical (unpaired) electrons. The van der Waals surface area contributed by atoms with Gasteiger partial charge in [0.15, 0.2) is 0 Å². The Hall–Kier alpha value is -1.95. The summed E-state index contributed by atoms with van der Waals surface area (Å²) in [4.78, 5) is 12.2. The number of halogens is 2. The van der Waals surface area contributed by atoms with E-state index in [1.54, 1.807) is 10.7 Å². The number of nitrogens with zero attached hydrogens (tertiary/aromatic N) is 2. The number of anilines is 1. The van der Waals surface area contributed by atoms with Gasteiger partial charge in [-0.05, 0) is 17.7 Å². The van der Waals surface area contributed by atoms with Crippen LogP contribution in [0.4, 0.5) is 5.82 Å². The number of benzene rings is 2. The second-order valence-corrected chi connectivity index (χ2v) is 7.94. The standard InChI is InChI=1S/C19H15Cl2N3OS/c1-24-19-16(17(23-24)11-5-3-2-4-6-11)18(26-10-15(25)22-19)13-8-7-12(20)9-14(13)21/h2-9,18H,10H2,1H3,(H,22,25). The molecule has 0 spiro atoms. The average Bonchev–Trinajstić information content (AvgIpc) is 2.83. The normalized spacial score (nSPS) is 16.7. The van der Waals surface area contributed by atoms with Crippen LogP contribution < -0.4 is 5.32 Å². The maximum absolute atomic E-state index is 12.2. The lowest BCUT2D eigenvalue weighted by Gasteiger charge is -2.17. The highest BCUT2D eigenvalue weighted by molar-refractivity contribution is 8.00. The zero-order valence-corrected chi connectivity index (χ0v) is 16.2. The minimum Gasteiger partial charge on any atom is -0.310 e. The molecule has 0 aliphatic carbocycles. The summed E-state index contributed by atoms with van der Waals surface area (Å²) in [5.74, 6) is 0.994. The van der Waals surface area contributed by atoms with E-state index in [9.17, 15) is 4.79 Å². The number of hydrogen-bond acceptors (Lipinski definition) is 3. The summed E-state index contributed by atoms with van der Waals surface area (Å²) in [5.41, 5.74) is 3.72. The highest BCUT2D eigenvalue weighted by Gasteiger charge is 2.32. The van der Waals surface area contributed by atoms with Crippen LogP contribution in [0.3, 0.4) is 0 Å². The van der Waals surface area contributed by atoms with Crippen molar-refractivity contribution >= 4 is 46.7 Å². The highest BCUT2D eigenvalue weighted by Crippen LogP contribution is 2.47. The number of rotatable bonds is 2. The van der Waals surface area contributed by atoms with Crippen molar-refractivity contribution in [1.82, 2.24) is 9.78 Å². The van der Waals surface area contributed by atoms with Gasteiger partial charge in [0.2, 0.25) is 5.91 Å². The number of hydrogen-bond donors (Lipinski definition) is 1. The van der Waals surface area contributed by atoms with E-state index in [1.165, 1.54) is 11.8 Å². The Morgan fingerprint density at radius 3 is 2.69 bits per heavy atom. The van der Waals surface area contributed by atoms with E-state index in [2.05, 4.69) is 10.4 Å². The van der Waals surface area contributed by atoms with Crippen LogP contribution in [0.2, 0.25) is 10.0 Å². The Morgan fingerprint density at radius 1 is 1.19 bits per heavy atom. The summed E-state index contributed by atoms with van der Waals surface area (Å²) in [6.45, 7) is 0. The Bertz CT molecular complexity index is 988. The third kappa shape index (κ3) is 3.11. The maximum Gasteiger partial charge on any atom is 0.235 e. The van der Waals surface area contributed by atoms with Crippen molar-refractivity contribution in [3.63, 3.8) is 0 Å². The summed E-state index contributed by atoms with van der Waals surface area (Å²) >= 11 is 14.1. The van der Waals surface area contributed by atoms with Gasteiger partial charge in [0.25, 0.3) is 0 Å². The summed E-state index contributed by atoms with van der Waals surface area (Å²) in [6, 6.07) is 15.4. The molecule has 1 unspecified atom stereocenters. The first-order valence-electron chi connectivity index (χ1n) is 8.03. The molecule has 2 aromatic carbocycles. The van der Waals surface area contributed by atoms with E-state index in [0.29, 0.717) is 21.6 Å². The van der Waals surface area contributed by atoms with Crippen LogP contribution in [0.5, 0.6) is 0 Å². The number of aryl methyl sites for hydroxylation is 1. The highest BCUT2D eigenvalue weighted by atomic mass is 35.5. The summed E-state index contributed by atoms with van der Waals surface area (Å²) < 4.78 is 1.72. The first-order chi connectivity index (χ1) is 12.5. The SMILES string of the molecule is Cn1nc(-c2ccccc2)c2c1NC(=O)CSC2c1ccc(Cl)cc1Cl. The van der Waals surface area contributed by atoms with E-state index < -0.39 is 0 Å². The van der Waals surface area contributed by atoms with Gasteiger partial charge in [-0.25, -0.2) is 0 Å². The van der Waals surface area contributed by atoms with Gasteiger partial charge in [-0.15, -0.1) is 11.8 Å². The van der Waals surface area contributed by atoms with Crippen molar-refractivity contribution in [1.29, 1.82) is 0 Å². The van der Waals surface area contributed by atoms with Gasteiger partial charge in [-0.2, -0.15) is 5.10 Å². The fourth-order valence-corrected chi connectivity index (χ4v) is 4.86. The predicted molar refractivity (Wildman–Crippen MR) is 108 cm³/mol. The Labute approximate surface area is 165 Å². The molecule has 26 heavy (non-hydrogen) atoms. The molecule has 1 aromatic heterocycles. The van der Waals surface area contributed by atoms with Crippen molar-refractivity contribution in [3.05, 3.63) is 69.7 Å². The van der Waals surface area contributed by atoms with Crippen molar-refractivity contribution in [2.24, 2.45) is 7.05 Å². The van der Waals surface area contributed by atoms with E-state index in [1.807, 2.05) is 49.5 Å². The number of nitrogens with one attached hydrogen (secondary N) is 1. The van der Waals surface area contributed by atoms with Gasteiger partial charge in [0.1, 0.15) is 5.82 Å². The van der Waals surface area contributed by atoms with Gasteiger partial charge in [0, 0.05) is 28.2 Å². The Kier molecular flexibility index (Phi) is 4.69. The summed E-state index contributed by atoms with van der Waals surface area (Å²) in [5, 5.41) is 8.70. The van der Waals surface area contributed by atoms with Crippen molar-refractivity contribution in [3.8, 4) is 11.3 Å². The number of fused-ring (bicyclic) bond motifs is 1. The molecule has 4 rings (SSSR count). The lowest BCUT2D eigenvalue weighted by Crippen LogP contribution is -2.15. The second kappa shape index (κ2) is 6.99. The number of amides is 1. The molecule has 0 saturated heterocycles. The smallest absolute Gasteiger partial charge is 0.235 e. The van der Waals surface area contributed by atoms with E-state index >= 15 is 0 Å². The molecule has 1 aliphatic rings. The number of thioether (sulfide) groups is 1. The molecular formula is C19H15Cl2N3OS. The molecule has 3 aromatic rings. The number of carbonyl (C=O) groups excluding carboxylic acids is 1. The molecule has 1 N–H and O–H groups in total. The first-order valence-corrected chi connectivity index (χ1v) is 9.84. The molecule has 7 heteroatoms. The zero-order valence-electron chi connectivity index (χ0n) is 13.9. The van der Waals surface area contributed by atoms with E-state index in [0.717, 1.165) is 22.4 Å². The van der Waals surface area contributed by atoms with Crippen LogP contribution in [0.25, 0.3) is 11.3 Å². The fourth-order valence-electron chi connectivity index (χ4n) is 3.12. The van der Waals surface area contributed by atoms with E-state index in [4.69, 9.17) is 23.2 Å². The Balaban J connectivity index is 1.95. The molecule has 0 fully saturated rings. The minimum atomic E-state index is -0.127. The lowest BCUT2D eigenvalue weighted by atomic mass is 10.00. The predicted octanol–water partition coefficient (Wildman–Crippen LogP) is 5.17. The van der Waals surface area contributed by atoms with Crippen LogP contribution in [0, 0.1) is 0 Å². The molecule has 1 atom stereocenters. The van der Waals surface area contributed by atoms with Gasteiger partial charge in [0.05, 0.1) is 16.7 Å². The summed E-state index contributed by atoms with van der Waals surface area (Å²) in [6.07, 6.45) is 0. The van der Waals surface area contributed by atoms with Crippen LogP contribution in [0.15, 0.2) is 48.5 Å². The molecule has 1 aliphatic heterocycles. The lowest BCUT2D eigenvalue weighted by molar-refractivity contribution is -0.113. The number of carbonyl (C=O) groups is 1. The maximum atomic E-state index is 12.2. The third-order valence-electron chi connectivity index (χ3n) is 4.28. The number of aromatic nitrogens is 2. The molecule has 0 saturated carbocycles. The molecule has 0 bridgehead atoms. The summed E-state index contributed by atoms with van der Waals surface area (Å²) in [7, 11) is 1.84. The van der Waals surface area contributed by atoms with Gasteiger partial charge < -0.3 is 5.32 Å². The molecule has 132 valence electrons. The van der Waals surface area contributed by atoms with Crippen molar-refractivity contribution in [2.75, 3.05) is 11.1 Å². The van der Waals surface area contributed by atoms with Gasteiger partial charge in [-0.3, -0.25) is 9.48 Å². The van der Waals surface area contributed by atoms with Gasteiger partial charge in [-0.1, -0.05) is 59.6 Å². The van der Waals surface area contributed by atoms with E-state index in [-0.39, 0.29) is 11.2 Å². The minimum absolute atomic E-state index is 0.0496. The third-order valence-corrected chi connectivity index (χ3v) is 6.09. The van der Waals surface area contributed by atoms with Crippen LogP contribution >= 0.6 is 35.0 Å².